The van der Waals surface area contributed by atoms with Crippen molar-refractivity contribution in [2.24, 2.45) is 5.73 Å². The average Bonchev–Trinajstić information content (AvgIpc) is 2.24. The lowest BCUT2D eigenvalue weighted by molar-refractivity contribution is 0.0997. The predicted molar refractivity (Wildman–Crippen MR) is 57.5 cm³/mol. The van der Waals surface area contributed by atoms with Gasteiger partial charge in [-0.25, -0.2) is 0 Å². The zero-order valence-corrected chi connectivity index (χ0v) is 9.13. The summed E-state index contributed by atoms with van der Waals surface area (Å²) >= 11 is 0. The molecule has 0 radical (unpaired) electrons. The summed E-state index contributed by atoms with van der Waals surface area (Å²) in [5.74, 6) is -0.0342. The number of benzene rings is 1. The number of hydrogen-bond acceptors (Lipinski definition) is 4. The fourth-order valence-electron chi connectivity index (χ4n) is 1.40. The third kappa shape index (κ3) is 1.94. The average molecular weight is 209 g/mol. The fraction of sp³-hybridized carbons (Fsp3) is 0.364. The van der Waals surface area contributed by atoms with E-state index in [-0.39, 0.29) is 23.8 Å². The Hall–Kier alpha value is -1.55. The van der Waals surface area contributed by atoms with Crippen LogP contribution in [0.4, 0.5) is 0 Å². The summed E-state index contributed by atoms with van der Waals surface area (Å²) in [6.45, 7) is 3.49. The molecule has 0 amide bonds. The lowest BCUT2D eigenvalue weighted by Crippen LogP contribution is -2.15. The molecule has 15 heavy (non-hydrogen) atoms. The zero-order valence-electron chi connectivity index (χ0n) is 9.13. The van der Waals surface area contributed by atoms with Gasteiger partial charge in [-0.3, -0.25) is 4.79 Å². The number of methoxy groups -OCH3 is 1. The van der Waals surface area contributed by atoms with Crippen molar-refractivity contribution in [2.75, 3.05) is 13.7 Å². The highest BCUT2D eigenvalue weighted by molar-refractivity contribution is 6.01. The van der Waals surface area contributed by atoms with Crippen LogP contribution in [0.15, 0.2) is 6.07 Å². The van der Waals surface area contributed by atoms with Gasteiger partial charge in [-0.15, -0.1) is 0 Å². The number of phenols is 1. The Kier molecular flexibility index (Phi) is 3.31. The number of Topliss-reactive ketones (excluding diaryl/α,β-unsaturated/α-hetero) is 1. The number of ketones is 1. The van der Waals surface area contributed by atoms with Gasteiger partial charge in [-0.2, -0.15) is 0 Å². The Bertz CT molecular complexity index is 399. The highest BCUT2D eigenvalue weighted by atomic mass is 16.5. The number of carbonyl (C=O) groups is 1. The van der Waals surface area contributed by atoms with Crippen molar-refractivity contribution in [3.05, 3.63) is 22.8 Å². The van der Waals surface area contributed by atoms with Crippen molar-refractivity contribution < 1.29 is 14.6 Å². The second kappa shape index (κ2) is 4.31. The Labute approximate surface area is 88.7 Å². The molecule has 4 nitrogen and oxygen atoms in total. The maximum Gasteiger partial charge on any atom is 0.180 e. The van der Waals surface area contributed by atoms with Crippen LogP contribution < -0.4 is 10.5 Å². The summed E-state index contributed by atoms with van der Waals surface area (Å²) < 4.78 is 5.01. The SMILES string of the molecule is COc1c(C(=O)CN)cc(C)c(C)c1O. The van der Waals surface area contributed by atoms with Gasteiger partial charge in [0.2, 0.25) is 0 Å². The molecule has 0 spiro atoms. The largest absolute Gasteiger partial charge is 0.504 e. The molecule has 0 saturated carbocycles. The molecule has 1 rings (SSSR count). The van der Waals surface area contributed by atoms with E-state index in [9.17, 15) is 9.90 Å². The van der Waals surface area contributed by atoms with Gasteiger partial charge < -0.3 is 15.6 Å². The molecule has 1 aromatic rings. The number of carbonyl (C=O) groups excluding carboxylic acids is 1. The minimum absolute atomic E-state index is 0.00861. The van der Waals surface area contributed by atoms with E-state index in [4.69, 9.17) is 10.5 Å². The van der Waals surface area contributed by atoms with Crippen LogP contribution in [0.25, 0.3) is 0 Å². The Balaban J connectivity index is 3.45. The van der Waals surface area contributed by atoms with E-state index in [1.165, 1.54) is 7.11 Å². The molecule has 1 aromatic carbocycles. The normalized spacial score (nSPS) is 10.1. The van der Waals surface area contributed by atoms with Crippen LogP contribution in [0, 0.1) is 13.8 Å². The van der Waals surface area contributed by atoms with Gasteiger partial charge in [0.1, 0.15) is 0 Å². The molecule has 0 saturated heterocycles. The molecule has 3 N–H and O–H groups in total. The van der Waals surface area contributed by atoms with Crippen molar-refractivity contribution in [1.82, 2.24) is 0 Å². The second-order valence-corrected chi connectivity index (χ2v) is 3.38. The molecular weight excluding hydrogens is 194 g/mol. The molecule has 0 aromatic heterocycles. The topological polar surface area (TPSA) is 72.5 Å². The van der Waals surface area contributed by atoms with Crippen LogP contribution in [-0.4, -0.2) is 24.5 Å². The Morgan fingerprint density at radius 2 is 2.13 bits per heavy atom. The van der Waals surface area contributed by atoms with Crippen molar-refractivity contribution in [3.8, 4) is 11.5 Å². The summed E-state index contributed by atoms with van der Waals surface area (Å²) in [6, 6.07) is 1.68. The van der Waals surface area contributed by atoms with Crippen molar-refractivity contribution in [3.63, 3.8) is 0 Å². The van der Waals surface area contributed by atoms with Crippen LogP contribution in [0.2, 0.25) is 0 Å². The first-order valence-electron chi connectivity index (χ1n) is 4.63. The predicted octanol–water partition coefficient (Wildman–Crippen LogP) is 1.16. The third-order valence-electron chi connectivity index (χ3n) is 2.46. The number of hydrogen-bond donors (Lipinski definition) is 2. The quantitative estimate of drug-likeness (QED) is 0.733. The maximum absolute atomic E-state index is 11.5. The monoisotopic (exact) mass is 209 g/mol. The van der Waals surface area contributed by atoms with E-state index in [1.54, 1.807) is 13.0 Å². The van der Waals surface area contributed by atoms with Crippen LogP contribution >= 0.6 is 0 Å². The van der Waals surface area contributed by atoms with Crippen LogP contribution in [0.3, 0.4) is 0 Å². The lowest BCUT2D eigenvalue weighted by Gasteiger charge is -2.13. The lowest BCUT2D eigenvalue weighted by atomic mass is 10.0. The van der Waals surface area contributed by atoms with E-state index in [2.05, 4.69) is 0 Å². The van der Waals surface area contributed by atoms with Gasteiger partial charge in [0.15, 0.2) is 17.3 Å². The molecule has 0 unspecified atom stereocenters. The van der Waals surface area contributed by atoms with Gasteiger partial charge in [0.05, 0.1) is 19.2 Å². The number of phenolic OH excluding ortho intramolecular Hbond substituents is 1. The van der Waals surface area contributed by atoms with E-state index >= 15 is 0 Å². The van der Waals surface area contributed by atoms with Gasteiger partial charge in [-0.05, 0) is 31.0 Å². The van der Waals surface area contributed by atoms with Crippen LogP contribution in [0.5, 0.6) is 11.5 Å². The van der Waals surface area contributed by atoms with Crippen molar-refractivity contribution in [2.45, 2.75) is 13.8 Å². The van der Waals surface area contributed by atoms with Gasteiger partial charge >= 0.3 is 0 Å². The van der Waals surface area contributed by atoms with Gasteiger partial charge in [0, 0.05) is 0 Å². The Morgan fingerprint density at radius 1 is 1.53 bits per heavy atom. The number of ether oxygens (including phenoxy) is 1. The Morgan fingerprint density at radius 3 is 2.60 bits per heavy atom. The second-order valence-electron chi connectivity index (χ2n) is 3.38. The highest BCUT2D eigenvalue weighted by Crippen LogP contribution is 2.35. The molecule has 0 heterocycles. The first kappa shape index (κ1) is 11.5. The van der Waals surface area contributed by atoms with E-state index in [0.717, 1.165) is 5.56 Å². The summed E-state index contributed by atoms with van der Waals surface area (Å²) in [7, 11) is 1.41. The first-order valence-corrected chi connectivity index (χ1v) is 4.63. The van der Waals surface area contributed by atoms with Crippen molar-refractivity contribution in [1.29, 1.82) is 0 Å². The summed E-state index contributed by atoms with van der Waals surface area (Å²) in [5.41, 5.74) is 7.16. The molecule has 82 valence electrons. The maximum atomic E-state index is 11.5. The van der Waals surface area contributed by atoms with E-state index in [1.807, 2.05) is 6.92 Å². The van der Waals surface area contributed by atoms with Gasteiger partial charge in [-0.1, -0.05) is 0 Å². The van der Waals surface area contributed by atoms with Gasteiger partial charge in [0.25, 0.3) is 0 Å². The molecule has 0 atom stereocenters. The zero-order chi connectivity index (χ0) is 11.6. The molecule has 4 heteroatoms. The first-order chi connectivity index (χ1) is 7.02. The fourth-order valence-corrected chi connectivity index (χ4v) is 1.40. The third-order valence-corrected chi connectivity index (χ3v) is 2.46. The minimum Gasteiger partial charge on any atom is -0.504 e. The van der Waals surface area contributed by atoms with E-state index in [0.29, 0.717) is 11.1 Å². The molecule has 0 aliphatic rings. The van der Waals surface area contributed by atoms with Crippen molar-refractivity contribution >= 4 is 5.78 Å². The minimum atomic E-state index is -0.245. The number of rotatable bonds is 3. The number of nitrogens with two attached hydrogens (primary N) is 1. The molecule has 0 bridgehead atoms. The molecule has 0 aliphatic carbocycles. The standard InChI is InChI=1S/C11H15NO3/c1-6-4-8(9(13)5-12)11(15-3)10(14)7(6)2/h4,14H,5,12H2,1-3H3. The van der Waals surface area contributed by atoms with Crippen LogP contribution in [0.1, 0.15) is 21.5 Å². The highest BCUT2D eigenvalue weighted by Gasteiger charge is 2.17. The summed E-state index contributed by atoms with van der Waals surface area (Å²) in [6.07, 6.45) is 0. The molecule has 0 fully saturated rings. The van der Waals surface area contributed by atoms with Crippen LogP contribution in [-0.2, 0) is 0 Å². The summed E-state index contributed by atoms with van der Waals surface area (Å²) in [5, 5.41) is 9.79. The number of aryl methyl sites for hydroxylation is 1. The number of aromatic hydroxyl groups is 1. The summed E-state index contributed by atoms with van der Waals surface area (Å²) in [4.78, 5) is 11.5. The molecular formula is C11H15NO3. The van der Waals surface area contributed by atoms with E-state index < -0.39 is 0 Å². The molecule has 0 aliphatic heterocycles. The smallest absolute Gasteiger partial charge is 0.180 e.